The van der Waals surface area contributed by atoms with Gasteiger partial charge in [-0.2, -0.15) is 5.10 Å². The molecule has 0 aliphatic rings. The summed E-state index contributed by atoms with van der Waals surface area (Å²) in [5.41, 5.74) is -0.0373. The summed E-state index contributed by atoms with van der Waals surface area (Å²) in [5, 5.41) is 3.65. The van der Waals surface area contributed by atoms with Crippen molar-refractivity contribution in [3.05, 3.63) is 17.5 Å². The van der Waals surface area contributed by atoms with E-state index in [4.69, 9.17) is 0 Å². The van der Waals surface area contributed by atoms with Crippen LogP contribution in [0.4, 0.5) is 8.78 Å². The van der Waals surface area contributed by atoms with Crippen LogP contribution in [0.2, 0.25) is 0 Å². The second kappa shape index (κ2) is 4.17. The molecular formula is C8H10F2N2O2. The first kappa shape index (κ1) is 10.6. The van der Waals surface area contributed by atoms with Gasteiger partial charge in [0.1, 0.15) is 0 Å². The van der Waals surface area contributed by atoms with Crippen molar-refractivity contribution >= 4 is 5.97 Å². The number of alkyl halides is 2. The molecule has 0 unspecified atom stereocenters. The number of aryl methyl sites for hydroxylation is 1. The maximum absolute atomic E-state index is 12.4. The minimum absolute atomic E-state index is 0.187. The molecule has 1 aromatic heterocycles. The van der Waals surface area contributed by atoms with Crippen LogP contribution in [0.1, 0.15) is 17.7 Å². The van der Waals surface area contributed by atoms with E-state index in [1.165, 1.54) is 18.8 Å². The molecule has 6 heteroatoms. The van der Waals surface area contributed by atoms with E-state index in [1.54, 1.807) is 0 Å². The Morgan fingerprint density at radius 1 is 1.71 bits per heavy atom. The smallest absolute Gasteiger partial charge is 0.311 e. The van der Waals surface area contributed by atoms with E-state index >= 15 is 0 Å². The molecule has 0 aliphatic carbocycles. The maximum atomic E-state index is 12.4. The van der Waals surface area contributed by atoms with Gasteiger partial charge in [0.15, 0.2) is 0 Å². The summed E-state index contributed by atoms with van der Waals surface area (Å²) in [6.07, 6.45) is -1.75. The van der Waals surface area contributed by atoms with Crippen molar-refractivity contribution in [3.8, 4) is 0 Å². The van der Waals surface area contributed by atoms with Crippen molar-refractivity contribution < 1.29 is 18.3 Å². The summed E-state index contributed by atoms with van der Waals surface area (Å²) in [5.74, 6) is -0.560. The van der Waals surface area contributed by atoms with E-state index in [-0.39, 0.29) is 17.7 Å². The minimum Gasteiger partial charge on any atom is -0.469 e. The van der Waals surface area contributed by atoms with E-state index < -0.39 is 12.4 Å². The van der Waals surface area contributed by atoms with Crippen molar-refractivity contribution in [1.82, 2.24) is 9.78 Å². The lowest BCUT2D eigenvalue weighted by molar-refractivity contribution is -0.139. The molecule has 0 aliphatic heterocycles. The van der Waals surface area contributed by atoms with Crippen LogP contribution in [-0.4, -0.2) is 22.9 Å². The van der Waals surface area contributed by atoms with E-state index in [0.717, 1.165) is 6.20 Å². The van der Waals surface area contributed by atoms with Gasteiger partial charge in [-0.05, 0) is 0 Å². The Balaban J connectivity index is 2.93. The number of methoxy groups -OCH3 is 1. The van der Waals surface area contributed by atoms with Crippen LogP contribution in [0.5, 0.6) is 0 Å². The lowest BCUT2D eigenvalue weighted by Crippen LogP contribution is -2.10. The van der Waals surface area contributed by atoms with Crippen molar-refractivity contribution in [3.63, 3.8) is 0 Å². The Morgan fingerprint density at radius 2 is 2.36 bits per heavy atom. The highest BCUT2D eigenvalue weighted by molar-refractivity contribution is 5.72. The SMILES string of the molecule is COC(=O)Cc1c(C(F)F)cnn1C. The number of hydrogen-bond acceptors (Lipinski definition) is 3. The highest BCUT2D eigenvalue weighted by atomic mass is 19.3. The number of esters is 1. The van der Waals surface area contributed by atoms with Crippen LogP contribution < -0.4 is 0 Å². The first-order chi connectivity index (χ1) is 6.56. The van der Waals surface area contributed by atoms with Crippen LogP contribution in [-0.2, 0) is 23.0 Å². The van der Waals surface area contributed by atoms with Gasteiger partial charge < -0.3 is 4.74 Å². The third-order valence-electron chi connectivity index (χ3n) is 1.87. The molecule has 0 radical (unpaired) electrons. The zero-order chi connectivity index (χ0) is 10.7. The zero-order valence-corrected chi connectivity index (χ0v) is 7.83. The largest absolute Gasteiger partial charge is 0.469 e. The fraction of sp³-hybridized carbons (Fsp3) is 0.500. The summed E-state index contributed by atoms with van der Waals surface area (Å²) in [6, 6.07) is 0. The third-order valence-corrected chi connectivity index (χ3v) is 1.87. The summed E-state index contributed by atoms with van der Waals surface area (Å²) in [4.78, 5) is 10.9. The van der Waals surface area contributed by atoms with Gasteiger partial charge in [0.05, 0.1) is 31.0 Å². The van der Waals surface area contributed by atoms with Crippen LogP contribution >= 0.6 is 0 Å². The zero-order valence-electron chi connectivity index (χ0n) is 7.83. The molecule has 1 aromatic rings. The Bertz CT molecular complexity index is 336. The average molecular weight is 204 g/mol. The molecule has 1 heterocycles. The van der Waals surface area contributed by atoms with E-state index in [0.29, 0.717) is 0 Å². The van der Waals surface area contributed by atoms with Crippen molar-refractivity contribution in [2.75, 3.05) is 7.11 Å². The second-order valence-corrected chi connectivity index (χ2v) is 2.72. The molecule has 0 saturated heterocycles. The molecule has 0 aromatic carbocycles. The topological polar surface area (TPSA) is 44.1 Å². The van der Waals surface area contributed by atoms with Crippen molar-refractivity contribution in [2.45, 2.75) is 12.8 Å². The maximum Gasteiger partial charge on any atom is 0.311 e. The summed E-state index contributed by atoms with van der Waals surface area (Å²) in [7, 11) is 2.71. The highest BCUT2D eigenvalue weighted by Crippen LogP contribution is 2.22. The molecule has 0 atom stereocenters. The first-order valence-corrected chi connectivity index (χ1v) is 3.92. The van der Waals surface area contributed by atoms with Gasteiger partial charge in [0, 0.05) is 7.05 Å². The number of hydrogen-bond donors (Lipinski definition) is 0. The molecule has 14 heavy (non-hydrogen) atoms. The van der Waals surface area contributed by atoms with E-state index in [2.05, 4.69) is 9.84 Å². The van der Waals surface area contributed by atoms with Gasteiger partial charge in [0.25, 0.3) is 6.43 Å². The van der Waals surface area contributed by atoms with Crippen LogP contribution in [0, 0.1) is 0 Å². The molecule has 0 saturated carbocycles. The lowest BCUT2D eigenvalue weighted by atomic mass is 10.2. The molecule has 0 N–H and O–H groups in total. The Morgan fingerprint density at radius 3 is 2.86 bits per heavy atom. The van der Waals surface area contributed by atoms with E-state index in [9.17, 15) is 13.6 Å². The fourth-order valence-electron chi connectivity index (χ4n) is 1.09. The standard InChI is InChI=1S/C8H10F2N2O2/c1-12-6(3-7(13)14-2)5(4-11-12)8(9)10/h4,8H,3H2,1-2H3. The predicted octanol–water partition coefficient (Wildman–Crippen LogP) is 1.07. The molecule has 0 amide bonds. The van der Waals surface area contributed by atoms with Gasteiger partial charge in [-0.25, -0.2) is 8.78 Å². The molecule has 0 spiro atoms. The summed E-state index contributed by atoms with van der Waals surface area (Å²) < 4.78 is 30.4. The van der Waals surface area contributed by atoms with Crippen LogP contribution in [0.25, 0.3) is 0 Å². The molecule has 78 valence electrons. The van der Waals surface area contributed by atoms with Gasteiger partial charge in [-0.15, -0.1) is 0 Å². The molecule has 0 fully saturated rings. The van der Waals surface area contributed by atoms with E-state index in [1.807, 2.05) is 0 Å². The Hall–Kier alpha value is -1.46. The van der Waals surface area contributed by atoms with Gasteiger partial charge in [-0.3, -0.25) is 9.48 Å². The second-order valence-electron chi connectivity index (χ2n) is 2.72. The number of ether oxygens (including phenoxy) is 1. The lowest BCUT2D eigenvalue weighted by Gasteiger charge is -2.03. The number of rotatable bonds is 3. The Labute approximate surface area is 79.5 Å². The molecule has 0 bridgehead atoms. The minimum atomic E-state index is -2.62. The monoisotopic (exact) mass is 204 g/mol. The normalized spacial score (nSPS) is 10.6. The van der Waals surface area contributed by atoms with Crippen molar-refractivity contribution in [1.29, 1.82) is 0 Å². The van der Waals surface area contributed by atoms with Gasteiger partial charge in [0.2, 0.25) is 0 Å². The van der Waals surface area contributed by atoms with Gasteiger partial charge >= 0.3 is 5.97 Å². The molecule has 1 rings (SSSR count). The summed E-state index contributed by atoms with van der Waals surface area (Å²) >= 11 is 0. The van der Waals surface area contributed by atoms with Crippen LogP contribution in [0.15, 0.2) is 6.20 Å². The van der Waals surface area contributed by atoms with Gasteiger partial charge in [-0.1, -0.05) is 0 Å². The summed E-state index contributed by atoms with van der Waals surface area (Å²) in [6.45, 7) is 0. The number of carbonyl (C=O) groups excluding carboxylic acids is 1. The van der Waals surface area contributed by atoms with Crippen LogP contribution in [0.3, 0.4) is 0 Å². The quantitative estimate of drug-likeness (QED) is 0.692. The van der Waals surface area contributed by atoms with Crippen molar-refractivity contribution in [2.24, 2.45) is 7.05 Å². The third kappa shape index (κ3) is 2.07. The number of halogens is 2. The number of nitrogens with zero attached hydrogens (tertiary/aromatic N) is 2. The predicted molar refractivity (Wildman–Crippen MR) is 43.9 cm³/mol. The molecular weight excluding hydrogens is 194 g/mol. The Kier molecular flexibility index (Phi) is 3.16. The molecule has 4 nitrogen and oxygen atoms in total. The number of aromatic nitrogens is 2. The first-order valence-electron chi connectivity index (χ1n) is 3.92. The fourth-order valence-corrected chi connectivity index (χ4v) is 1.09. The highest BCUT2D eigenvalue weighted by Gasteiger charge is 2.19. The average Bonchev–Trinajstić information content (AvgIpc) is 2.48. The number of carbonyl (C=O) groups is 1.